The Balaban J connectivity index is 1.75. The number of H-pyrrole nitrogens is 1. The van der Waals surface area contributed by atoms with Gasteiger partial charge in [0.15, 0.2) is 5.75 Å². The first kappa shape index (κ1) is 20.1. The average molecular weight is 437 g/mol. The van der Waals surface area contributed by atoms with E-state index in [1.54, 1.807) is 12.1 Å². The number of hydrogen-bond donors (Lipinski definition) is 2. The summed E-state index contributed by atoms with van der Waals surface area (Å²) < 4.78 is 5.36. The molecule has 0 spiro atoms. The first-order chi connectivity index (χ1) is 13.5. The van der Waals surface area contributed by atoms with E-state index in [1.807, 2.05) is 24.4 Å². The summed E-state index contributed by atoms with van der Waals surface area (Å²) in [5, 5.41) is 6.40. The minimum atomic E-state index is -0.622. The summed E-state index contributed by atoms with van der Waals surface area (Å²) in [6.45, 7) is 2.25. The minimum absolute atomic E-state index is 0.0490. The van der Waals surface area contributed by atoms with Crippen LogP contribution in [0.15, 0.2) is 45.6 Å². The van der Waals surface area contributed by atoms with Crippen LogP contribution in [0.3, 0.4) is 0 Å². The molecule has 0 aliphatic rings. The molecule has 0 saturated carbocycles. The fourth-order valence-corrected chi connectivity index (χ4v) is 3.61. The smallest absolute Gasteiger partial charge is 0.346 e. The molecule has 0 radical (unpaired) electrons. The lowest BCUT2D eigenvalue weighted by molar-refractivity contribution is 0.0949. The fourth-order valence-electron chi connectivity index (χ4n) is 2.30. The second-order valence-corrected chi connectivity index (χ2v) is 7.17. The normalized spacial score (nSPS) is 11.0. The van der Waals surface area contributed by atoms with Crippen LogP contribution in [0.2, 0.25) is 10.0 Å². The maximum absolute atomic E-state index is 12.3. The van der Waals surface area contributed by atoms with Crippen LogP contribution in [0.4, 0.5) is 0 Å². The Bertz CT molecular complexity index is 1060. The van der Waals surface area contributed by atoms with E-state index in [1.165, 1.54) is 23.6 Å². The molecule has 0 atom stereocenters. The zero-order chi connectivity index (χ0) is 20.1. The number of nitrogens with zero attached hydrogens (tertiary/aromatic N) is 2. The van der Waals surface area contributed by atoms with Gasteiger partial charge in [0.2, 0.25) is 0 Å². The summed E-state index contributed by atoms with van der Waals surface area (Å²) in [7, 11) is 0. The molecule has 0 aliphatic carbocycles. The van der Waals surface area contributed by atoms with E-state index in [0.29, 0.717) is 33.7 Å². The topological polar surface area (TPSA) is 96.4 Å². The highest BCUT2D eigenvalue weighted by Gasteiger charge is 2.12. The summed E-state index contributed by atoms with van der Waals surface area (Å²) in [5.74, 6) is -0.232. The molecule has 2 heterocycles. The van der Waals surface area contributed by atoms with Gasteiger partial charge in [0.05, 0.1) is 33.4 Å². The molecule has 0 bridgehead atoms. The predicted octanol–water partition coefficient (Wildman–Crippen LogP) is 3.97. The molecule has 28 heavy (non-hydrogen) atoms. The van der Waals surface area contributed by atoms with Crippen molar-refractivity contribution in [3.63, 3.8) is 0 Å². The van der Waals surface area contributed by atoms with Crippen LogP contribution < -0.4 is 15.9 Å². The zero-order valence-electron chi connectivity index (χ0n) is 14.5. The van der Waals surface area contributed by atoms with Crippen LogP contribution in [0.5, 0.6) is 5.75 Å². The van der Waals surface area contributed by atoms with E-state index in [0.717, 1.165) is 4.88 Å². The maximum Gasteiger partial charge on any atom is 0.346 e. The van der Waals surface area contributed by atoms with Crippen molar-refractivity contribution in [2.45, 2.75) is 6.92 Å². The molecule has 10 heteroatoms. The Labute approximate surface area is 174 Å². The molecule has 0 saturated heterocycles. The second kappa shape index (κ2) is 9.01. The molecule has 1 aromatic carbocycles. The lowest BCUT2D eigenvalue weighted by atomic mass is 10.2. The third-order valence-corrected chi connectivity index (χ3v) is 4.92. The Morgan fingerprint density at radius 3 is 2.75 bits per heavy atom. The highest BCUT2D eigenvalue weighted by atomic mass is 35.5. The number of carbonyl (C=O) groups excluding carboxylic acids is 1. The van der Waals surface area contributed by atoms with Gasteiger partial charge in [-0.3, -0.25) is 4.79 Å². The largest absolute Gasteiger partial charge is 0.491 e. The quantitative estimate of drug-likeness (QED) is 0.451. The molecule has 2 aromatic heterocycles. The average Bonchev–Trinajstić information content (AvgIpc) is 3.19. The number of carbonyl (C=O) groups is 1. The number of aromatic amines is 1. The molecule has 3 rings (SSSR count). The minimum Gasteiger partial charge on any atom is -0.491 e. The van der Waals surface area contributed by atoms with E-state index >= 15 is 0 Å². The van der Waals surface area contributed by atoms with Gasteiger partial charge in [0.25, 0.3) is 5.91 Å². The van der Waals surface area contributed by atoms with Gasteiger partial charge in [0, 0.05) is 0 Å². The number of thiophene rings is 1. The van der Waals surface area contributed by atoms with Gasteiger partial charge in [-0.05, 0) is 42.1 Å². The van der Waals surface area contributed by atoms with E-state index < -0.39 is 11.6 Å². The summed E-state index contributed by atoms with van der Waals surface area (Å²) in [4.78, 5) is 31.1. The number of hydrazone groups is 1. The summed E-state index contributed by atoms with van der Waals surface area (Å²) in [6.07, 6.45) is 1.37. The van der Waals surface area contributed by atoms with Crippen molar-refractivity contribution in [1.82, 2.24) is 15.4 Å². The number of benzene rings is 1. The SMILES string of the molecule is CCOc1c(Cl)cc(/C=N/NC(=O)c2cc(-c3cccs3)[nH]c(=O)n2)cc1Cl. The molecule has 3 aromatic rings. The lowest BCUT2D eigenvalue weighted by Gasteiger charge is -2.08. The summed E-state index contributed by atoms with van der Waals surface area (Å²) in [6, 6.07) is 8.37. The maximum atomic E-state index is 12.3. The molecular formula is C18H14Cl2N4O3S. The molecule has 144 valence electrons. The van der Waals surface area contributed by atoms with E-state index in [9.17, 15) is 9.59 Å². The first-order valence-electron chi connectivity index (χ1n) is 8.08. The van der Waals surface area contributed by atoms with Crippen LogP contribution in [-0.4, -0.2) is 28.7 Å². The monoisotopic (exact) mass is 436 g/mol. The summed E-state index contributed by atoms with van der Waals surface area (Å²) >= 11 is 13.7. The summed E-state index contributed by atoms with van der Waals surface area (Å²) in [5.41, 5.74) is 2.73. The van der Waals surface area contributed by atoms with Gasteiger partial charge in [0.1, 0.15) is 5.69 Å². The molecule has 2 N–H and O–H groups in total. The van der Waals surface area contributed by atoms with Gasteiger partial charge >= 0.3 is 5.69 Å². The van der Waals surface area contributed by atoms with Crippen LogP contribution in [-0.2, 0) is 0 Å². The lowest BCUT2D eigenvalue weighted by Crippen LogP contribution is -2.24. The molecular weight excluding hydrogens is 423 g/mol. The van der Waals surface area contributed by atoms with Gasteiger partial charge in [-0.2, -0.15) is 10.1 Å². The number of ether oxygens (including phenoxy) is 1. The third kappa shape index (κ3) is 4.78. The number of rotatable bonds is 6. The van der Waals surface area contributed by atoms with Crippen molar-refractivity contribution >= 4 is 46.7 Å². The van der Waals surface area contributed by atoms with Crippen molar-refractivity contribution in [2.24, 2.45) is 5.10 Å². The fraction of sp³-hybridized carbons (Fsp3) is 0.111. The number of amides is 1. The second-order valence-electron chi connectivity index (χ2n) is 5.41. The van der Waals surface area contributed by atoms with Crippen molar-refractivity contribution in [2.75, 3.05) is 6.61 Å². The van der Waals surface area contributed by atoms with Crippen LogP contribution >= 0.6 is 34.5 Å². The van der Waals surface area contributed by atoms with Gasteiger partial charge in [-0.15, -0.1) is 11.3 Å². The van der Waals surface area contributed by atoms with Gasteiger partial charge in [-0.25, -0.2) is 10.2 Å². The number of hydrogen-bond acceptors (Lipinski definition) is 6. The van der Waals surface area contributed by atoms with E-state index in [2.05, 4.69) is 20.5 Å². The highest BCUT2D eigenvalue weighted by Crippen LogP contribution is 2.33. The Hall–Kier alpha value is -2.68. The number of aromatic nitrogens is 2. The third-order valence-electron chi connectivity index (χ3n) is 3.45. The Kier molecular flexibility index (Phi) is 6.45. The van der Waals surface area contributed by atoms with Crippen molar-refractivity contribution in [1.29, 1.82) is 0 Å². The molecule has 0 unspecified atom stereocenters. The van der Waals surface area contributed by atoms with Crippen molar-refractivity contribution < 1.29 is 9.53 Å². The first-order valence-corrected chi connectivity index (χ1v) is 9.72. The predicted molar refractivity (Wildman–Crippen MR) is 111 cm³/mol. The Morgan fingerprint density at radius 2 is 2.11 bits per heavy atom. The standard InChI is InChI=1S/C18H14Cl2N4O3S/c1-2-27-16-11(19)6-10(7-12(16)20)9-21-24-17(25)14-8-13(22-18(26)23-14)15-4-3-5-28-15/h3-9H,2H2,1H3,(H,24,25)(H,22,23,26)/b21-9+. The Morgan fingerprint density at radius 1 is 1.36 bits per heavy atom. The van der Waals surface area contributed by atoms with Crippen LogP contribution in [0.25, 0.3) is 10.6 Å². The van der Waals surface area contributed by atoms with Crippen molar-refractivity contribution in [3.05, 3.63) is 67.5 Å². The van der Waals surface area contributed by atoms with Gasteiger partial charge < -0.3 is 9.72 Å². The molecule has 0 fully saturated rings. The van der Waals surface area contributed by atoms with Crippen LogP contribution in [0, 0.1) is 0 Å². The van der Waals surface area contributed by atoms with Gasteiger partial charge in [-0.1, -0.05) is 29.3 Å². The molecule has 0 aliphatic heterocycles. The van der Waals surface area contributed by atoms with Crippen molar-refractivity contribution in [3.8, 4) is 16.3 Å². The number of halogens is 2. The molecule has 1 amide bonds. The molecule has 7 nitrogen and oxygen atoms in total. The van der Waals surface area contributed by atoms with Crippen LogP contribution in [0.1, 0.15) is 23.0 Å². The highest BCUT2D eigenvalue weighted by molar-refractivity contribution is 7.13. The van der Waals surface area contributed by atoms with E-state index in [-0.39, 0.29) is 5.69 Å². The zero-order valence-corrected chi connectivity index (χ0v) is 16.9. The number of nitrogens with one attached hydrogen (secondary N) is 2. The van der Waals surface area contributed by atoms with E-state index in [4.69, 9.17) is 27.9 Å².